The molecule has 0 amide bonds. The molecule has 0 saturated carbocycles. The van der Waals surface area contributed by atoms with Gasteiger partial charge in [-0.2, -0.15) is 0 Å². The number of hydrogen-bond donors (Lipinski definition) is 2. The summed E-state index contributed by atoms with van der Waals surface area (Å²) in [6.07, 6.45) is 3.29. The molecule has 1 aromatic carbocycles. The largest absolute Gasteiger partial charge is 0.341 e. The van der Waals surface area contributed by atoms with Gasteiger partial charge in [0.15, 0.2) is 9.84 Å². The van der Waals surface area contributed by atoms with Crippen molar-refractivity contribution in [3.05, 3.63) is 24.0 Å². The lowest BCUT2D eigenvalue weighted by Gasteiger charge is -2.32. The fourth-order valence-corrected chi connectivity index (χ4v) is 3.37. The van der Waals surface area contributed by atoms with Crippen LogP contribution < -0.4 is 5.32 Å². The monoisotopic (exact) mass is 293 g/mol. The van der Waals surface area contributed by atoms with Crippen LogP contribution in [0.1, 0.15) is 25.6 Å². The van der Waals surface area contributed by atoms with Crippen LogP contribution >= 0.6 is 0 Å². The van der Waals surface area contributed by atoms with Crippen LogP contribution in [0.5, 0.6) is 0 Å². The van der Waals surface area contributed by atoms with Gasteiger partial charge in [0.05, 0.1) is 15.9 Å². The van der Waals surface area contributed by atoms with E-state index in [0.717, 1.165) is 42.8 Å². The fourth-order valence-electron chi connectivity index (χ4n) is 2.72. The second-order valence-corrected chi connectivity index (χ2v) is 7.86. The number of benzene rings is 1. The van der Waals surface area contributed by atoms with Gasteiger partial charge in [-0.05, 0) is 44.1 Å². The highest BCUT2D eigenvalue weighted by molar-refractivity contribution is 7.90. The van der Waals surface area contributed by atoms with Gasteiger partial charge >= 0.3 is 0 Å². The molecule has 3 rings (SSSR count). The van der Waals surface area contributed by atoms with Crippen molar-refractivity contribution >= 4 is 20.9 Å². The SMILES string of the molecule is CC1(c2nc3ccc(S(C)(=O)=O)cc3[nH]2)CCNCC1. The van der Waals surface area contributed by atoms with Crippen molar-refractivity contribution in [3.8, 4) is 0 Å². The number of imidazole rings is 1. The summed E-state index contributed by atoms with van der Waals surface area (Å²) in [5.41, 5.74) is 1.66. The second kappa shape index (κ2) is 4.56. The van der Waals surface area contributed by atoms with E-state index in [9.17, 15) is 8.42 Å². The molecular weight excluding hydrogens is 274 g/mol. The Balaban J connectivity index is 2.07. The van der Waals surface area contributed by atoms with Gasteiger partial charge in [0, 0.05) is 11.7 Å². The lowest BCUT2D eigenvalue weighted by molar-refractivity contribution is 0.321. The molecular formula is C14H19N3O2S. The minimum atomic E-state index is -3.18. The molecule has 1 aromatic heterocycles. The van der Waals surface area contributed by atoms with Crippen LogP contribution in [0, 0.1) is 0 Å². The number of piperidine rings is 1. The highest BCUT2D eigenvalue weighted by atomic mass is 32.2. The van der Waals surface area contributed by atoms with Gasteiger partial charge in [-0.1, -0.05) is 6.92 Å². The third kappa shape index (κ3) is 2.33. The first kappa shape index (κ1) is 13.6. The molecule has 1 fully saturated rings. The first-order valence-electron chi connectivity index (χ1n) is 6.80. The van der Waals surface area contributed by atoms with E-state index in [0.29, 0.717) is 4.90 Å². The minimum Gasteiger partial charge on any atom is -0.341 e. The van der Waals surface area contributed by atoms with E-state index >= 15 is 0 Å². The van der Waals surface area contributed by atoms with Crippen LogP contribution in [0.25, 0.3) is 11.0 Å². The average Bonchev–Trinajstić information content (AvgIpc) is 2.82. The van der Waals surface area contributed by atoms with Gasteiger partial charge < -0.3 is 10.3 Å². The summed E-state index contributed by atoms with van der Waals surface area (Å²) >= 11 is 0. The van der Waals surface area contributed by atoms with Crippen molar-refractivity contribution in [2.75, 3.05) is 19.3 Å². The van der Waals surface area contributed by atoms with Gasteiger partial charge in [0.1, 0.15) is 5.82 Å². The Labute approximate surface area is 118 Å². The Hall–Kier alpha value is -1.40. The van der Waals surface area contributed by atoms with E-state index in [2.05, 4.69) is 22.2 Å². The van der Waals surface area contributed by atoms with Crippen molar-refractivity contribution in [2.24, 2.45) is 0 Å². The molecule has 0 radical (unpaired) electrons. The number of hydrogen-bond acceptors (Lipinski definition) is 4. The summed E-state index contributed by atoms with van der Waals surface area (Å²) in [5.74, 6) is 0.958. The third-order valence-corrected chi connectivity index (χ3v) is 5.27. The van der Waals surface area contributed by atoms with Crippen molar-refractivity contribution in [2.45, 2.75) is 30.1 Å². The van der Waals surface area contributed by atoms with Crippen molar-refractivity contribution in [1.29, 1.82) is 0 Å². The molecule has 20 heavy (non-hydrogen) atoms. The zero-order valence-corrected chi connectivity index (χ0v) is 12.5. The predicted octanol–water partition coefficient (Wildman–Crippen LogP) is 1.61. The van der Waals surface area contributed by atoms with Gasteiger partial charge in [-0.25, -0.2) is 13.4 Å². The topological polar surface area (TPSA) is 74.8 Å². The third-order valence-electron chi connectivity index (χ3n) is 4.16. The molecule has 2 heterocycles. The Kier molecular flexibility index (Phi) is 3.10. The van der Waals surface area contributed by atoms with Crippen LogP contribution in [0.4, 0.5) is 0 Å². The molecule has 6 heteroatoms. The zero-order chi connectivity index (χ0) is 14.4. The lowest BCUT2D eigenvalue weighted by atomic mass is 9.80. The van der Waals surface area contributed by atoms with Gasteiger partial charge in [0.2, 0.25) is 0 Å². The molecule has 5 nitrogen and oxygen atoms in total. The van der Waals surface area contributed by atoms with Gasteiger partial charge in [0.25, 0.3) is 0 Å². The molecule has 1 aliphatic heterocycles. The number of sulfone groups is 1. The highest BCUT2D eigenvalue weighted by Crippen LogP contribution is 2.32. The van der Waals surface area contributed by atoms with E-state index in [4.69, 9.17) is 0 Å². The Bertz CT molecular complexity index is 743. The molecule has 0 bridgehead atoms. The van der Waals surface area contributed by atoms with E-state index in [1.165, 1.54) is 6.26 Å². The van der Waals surface area contributed by atoms with Crippen molar-refractivity contribution < 1.29 is 8.42 Å². The number of nitrogens with one attached hydrogen (secondary N) is 2. The van der Waals surface area contributed by atoms with Gasteiger partial charge in [-0.3, -0.25) is 0 Å². The number of H-pyrrole nitrogens is 1. The smallest absolute Gasteiger partial charge is 0.175 e. The maximum atomic E-state index is 11.6. The molecule has 0 atom stereocenters. The molecule has 1 saturated heterocycles. The first-order chi connectivity index (χ1) is 9.38. The number of aromatic amines is 1. The first-order valence-corrected chi connectivity index (χ1v) is 8.69. The summed E-state index contributed by atoms with van der Waals surface area (Å²) in [4.78, 5) is 8.30. The molecule has 0 aliphatic carbocycles. The van der Waals surface area contributed by atoms with E-state index < -0.39 is 9.84 Å². The number of fused-ring (bicyclic) bond motifs is 1. The highest BCUT2D eigenvalue weighted by Gasteiger charge is 2.31. The maximum Gasteiger partial charge on any atom is 0.175 e. The quantitative estimate of drug-likeness (QED) is 0.882. The minimum absolute atomic E-state index is 0.0372. The molecule has 2 aromatic rings. The summed E-state index contributed by atoms with van der Waals surface area (Å²) in [7, 11) is -3.18. The molecule has 2 N–H and O–H groups in total. The van der Waals surface area contributed by atoms with Gasteiger partial charge in [-0.15, -0.1) is 0 Å². The summed E-state index contributed by atoms with van der Waals surface area (Å²) in [5, 5.41) is 3.35. The van der Waals surface area contributed by atoms with E-state index in [1.54, 1.807) is 18.2 Å². The average molecular weight is 293 g/mol. The second-order valence-electron chi connectivity index (χ2n) is 5.85. The molecule has 108 valence electrons. The summed E-state index contributed by atoms with van der Waals surface area (Å²) in [6.45, 7) is 4.19. The number of rotatable bonds is 2. The fraction of sp³-hybridized carbons (Fsp3) is 0.500. The van der Waals surface area contributed by atoms with Crippen LogP contribution in [0.2, 0.25) is 0 Å². The predicted molar refractivity (Wildman–Crippen MR) is 78.7 cm³/mol. The van der Waals surface area contributed by atoms with E-state index in [1.807, 2.05) is 0 Å². The Morgan fingerprint density at radius 3 is 2.60 bits per heavy atom. The van der Waals surface area contributed by atoms with E-state index in [-0.39, 0.29) is 5.41 Å². The normalized spacial score (nSPS) is 19.3. The van der Waals surface area contributed by atoms with Crippen LogP contribution in [0.3, 0.4) is 0 Å². The maximum absolute atomic E-state index is 11.6. The number of nitrogens with zero attached hydrogens (tertiary/aromatic N) is 1. The Morgan fingerprint density at radius 2 is 1.95 bits per heavy atom. The lowest BCUT2D eigenvalue weighted by Crippen LogP contribution is -2.38. The molecule has 1 aliphatic rings. The Morgan fingerprint density at radius 1 is 1.25 bits per heavy atom. The molecule has 0 unspecified atom stereocenters. The number of aromatic nitrogens is 2. The zero-order valence-electron chi connectivity index (χ0n) is 11.7. The van der Waals surface area contributed by atoms with Crippen LogP contribution in [0.15, 0.2) is 23.1 Å². The van der Waals surface area contributed by atoms with Crippen LogP contribution in [-0.4, -0.2) is 37.7 Å². The summed E-state index contributed by atoms with van der Waals surface area (Å²) < 4.78 is 23.2. The van der Waals surface area contributed by atoms with Crippen LogP contribution in [-0.2, 0) is 15.3 Å². The standard InChI is InChI=1S/C14H19N3O2S/c1-14(5-7-15-8-6-14)13-16-11-4-3-10(20(2,18)19)9-12(11)17-13/h3-4,9,15H,5-8H2,1-2H3,(H,16,17). The summed E-state index contributed by atoms with van der Waals surface area (Å²) in [6, 6.07) is 5.06. The van der Waals surface area contributed by atoms with Crippen molar-refractivity contribution in [3.63, 3.8) is 0 Å². The molecule has 0 spiro atoms. The van der Waals surface area contributed by atoms with Crippen molar-refractivity contribution in [1.82, 2.24) is 15.3 Å².